The molecule has 0 saturated carbocycles. The molecule has 2 saturated heterocycles. The highest BCUT2D eigenvalue weighted by molar-refractivity contribution is 5.94. The highest BCUT2D eigenvalue weighted by atomic mass is 16.6. The molecule has 4 aromatic rings. The lowest BCUT2D eigenvalue weighted by atomic mass is 9.91. The number of carboxylic acid groups (broad SMARTS) is 1. The van der Waals surface area contributed by atoms with Crippen molar-refractivity contribution in [2.45, 2.75) is 57.4 Å². The van der Waals surface area contributed by atoms with Crippen molar-refractivity contribution in [3.8, 4) is 16.9 Å². The number of hydrogen-bond acceptors (Lipinski definition) is 9. The van der Waals surface area contributed by atoms with E-state index in [0.29, 0.717) is 36.0 Å². The minimum Gasteiger partial charge on any atom is -0.465 e. The van der Waals surface area contributed by atoms with Crippen LogP contribution in [0.4, 0.5) is 16.4 Å². The summed E-state index contributed by atoms with van der Waals surface area (Å²) in [6.07, 6.45) is 6.03. The number of nitrogens with zero attached hydrogens (tertiary/aromatic N) is 5. The van der Waals surface area contributed by atoms with E-state index in [0.717, 1.165) is 35.2 Å². The number of pyridine rings is 3. The Hall–Kier alpha value is -4.75. The van der Waals surface area contributed by atoms with Gasteiger partial charge in [0.25, 0.3) is 5.91 Å². The van der Waals surface area contributed by atoms with Crippen LogP contribution >= 0.6 is 0 Å². The molecule has 4 aromatic heterocycles. The third-order valence-electron chi connectivity index (χ3n) is 7.79. The first-order valence-electron chi connectivity index (χ1n) is 14.5. The van der Waals surface area contributed by atoms with Gasteiger partial charge in [0.15, 0.2) is 5.82 Å². The number of fused-ring (bicyclic) bond motifs is 3. The fraction of sp³-hybridized carbons (Fsp3) is 0.387. The molecule has 0 radical (unpaired) electrons. The maximum Gasteiger partial charge on any atom is 0.410 e. The van der Waals surface area contributed by atoms with Crippen LogP contribution in [-0.4, -0.2) is 83.8 Å². The number of carbonyl (C=O) groups is 2. The molecular formula is C31H35N7O6. The van der Waals surface area contributed by atoms with Crippen LogP contribution in [0.25, 0.3) is 16.6 Å². The summed E-state index contributed by atoms with van der Waals surface area (Å²) in [5, 5.41) is 30.3. The topological polar surface area (TPSA) is 163 Å². The second-order valence-corrected chi connectivity index (χ2v) is 12.0. The van der Waals surface area contributed by atoms with Gasteiger partial charge in [-0.15, -0.1) is 0 Å². The van der Waals surface area contributed by atoms with Crippen LogP contribution in [0.15, 0.2) is 55.0 Å². The summed E-state index contributed by atoms with van der Waals surface area (Å²) in [6.45, 7) is 5.77. The van der Waals surface area contributed by atoms with Gasteiger partial charge in [0.2, 0.25) is 5.72 Å². The Morgan fingerprint density at radius 1 is 1.16 bits per heavy atom. The van der Waals surface area contributed by atoms with E-state index in [-0.39, 0.29) is 25.1 Å². The molecule has 6 rings (SSSR count). The molecule has 13 heteroatoms. The van der Waals surface area contributed by atoms with E-state index >= 15 is 0 Å². The summed E-state index contributed by atoms with van der Waals surface area (Å²) in [5.74, 6) is 1.22. The Bertz CT molecular complexity index is 1690. The molecule has 2 aliphatic rings. The Balaban J connectivity index is 1.23. The zero-order valence-corrected chi connectivity index (χ0v) is 24.8. The number of aryl methyl sites for hydroxylation is 1. The number of ether oxygens (including phenoxy) is 2. The number of aliphatic hydroxyl groups is 1. The molecule has 0 aromatic carbocycles. The van der Waals surface area contributed by atoms with Crippen molar-refractivity contribution in [3.63, 3.8) is 0 Å². The van der Waals surface area contributed by atoms with Crippen molar-refractivity contribution >= 4 is 29.2 Å². The molecule has 6 heterocycles. The molecule has 2 atom stereocenters. The predicted molar refractivity (Wildman–Crippen MR) is 161 cm³/mol. The maximum atomic E-state index is 12.3. The first kappa shape index (κ1) is 29.3. The lowest BCUT2D eigenvalue weighted by Crippen LogP contribution is -2.68. The summed E-state index contributed by atoms with van der Waals surface area (Å²) in [7, 11) is 0. The number of nitrogens with one attached hydrogen (secondary N) is 2. The van der Waals surface area contributed by atoms with E-state index in [9.17, 15) is 19.8 Å². The minimum atomic E-state index is -1.12. The fourth-order valence-electron chi connectivity index (χ4n) is 5.72. The SMILES string of the molecule is Cc1cc(-c2ccn3nc(Nc4ccc(C(=O)NCC(C)(C)O)cn4)cc3c2)c(OC23CCCC(COC2)N3C(=O)O)cn1. The largest absolute Gasteiger partial charge is 0.465 e. The van der Waals surface area contributed by atoms with Gasteiger partial charge in [-0.2, -0.15) is 5.10 Å². The van der Waals surface area contributed by atoms with E-state index in [2.05, 4.69) is 25.7 Å². The standard InChI is InChI=1S/C31H35N7O6/c1-19-11-24(25(15-32-19)44-31-9-4-5-22(16-43-18-31)38(31)29(40)41)20-8-10-37-23(12-20)13-27(36-37)35-26-7-6-21(14-33-26)28(39)34-17-30(2,3)42/h6-8,10-15,22,42H,4-5,9,16-18H2,1-3H3,(H,34,39)(H,40,41)(H,33,35,36). The summed E-state index contributed by atoms with van der Waals surface area (Å²) in [5.41, 5.74) is 1.48. The Labute approximate surface area is 253 Å². The van der Waals surface area contributed by atoms with Crippen molar-refractivity contribution in [2.75, 3.05) is 25.1 Å². The van der Waals surface area contributed by atoms with Crippen LogP contribution in [0.3, 0.4) is 0 Å². The normalized spacial score (nSPS) is 19.9. The number of amides is 2. The zero-order chi connectivity index (χ0) is 31.1. The molecule has 0 aliphatic carbocycles. The highest BCUT2D eigenvalue weighted by Gasteiger charge is 2.52. The van der Waals surface area contributed by atoms with Gasteiger partial charge in [-0.1, -0.05) is 0 Å². The average molecular weight is 602 g/mol. The van der Waals surface area contributed by atoms with Crippen LogP contribution in [-0.2, 0) is 4.74 Å². The molecule has 2 amide bonds. The van der Waals surface area contributed by atoms with Crippen LogP contribution in [0.1, 0.15) is 49.2 Å². The number of aromatic nitrogens is 4. The molecule has 230 valence electrons. The monoisotopic (exact) mass is 601 g/mol. The van der Waals surface area contributed by atoms with E-state index < -0.39 is 17.4 Å². The second kappa shape index (κ2) is 11.4. The van der Waals surface area contributed by atoms with Gasteiger partial charge in [-0.3, -0.25) is 14.7 Å². The predicted octanol–water partition coefficient (Wildman–Crippen LogP) is 3.98. The van der Waals surface area contributed by atoms with Crippen molar-refractivity contribution in [1.29, 1.82) is 0 Å². The molecule has 44 heavy (non-hydrogen) atoms. The molecule has 2 unspecified atom stereocenters. The van der Waals surface area contributed by atoms with Crippen LogP contribution in [0.5, 0.6) is 5.75 Å². The first-order valence-corrected chi connectivity index (χ1v) is 14.5. The highest BCUT2D eigenvalue weighted by Crippen LogP contribution is 2.41. The smallest absolute Gasteiger partial charge is 0.410 e. The number of morpholine rings is 1. The Kier molecular flexibility index (Phi) is 7.59. The van der Waals surface area contributed by atoms with E-state index in [1.54, 1.807) is 36.7 Å². The van der Waals surface area contributed by atoms with Gasteiger partial charge in [0, 0.05) is 42.7 Å². The van der Waals surface area contributed by atoms with Gasteiger partial charge in [0.05, 0.1) is 35.5 Å². The third kappa shape index (κ3) is 6.01. The van der Waals surface area contributed by atoms with Crippen molar-refractivity contribution in [2.24, 2.45) is 0 Å². The van der Waals surface area contributed by atoms with Gasteiger partial charge in [-0.05, 0) is 69.5 Å². The molecular weight excluding hydrogens is 566 g/mol. The maximum absolute atomic E-state index is 12.3. The number of hydrogen-bond donors (Lipinski definition) is 4. The number of piperidine rings is 1. The van der Waals surface area contributed by atoms with E-state index in [1.807, 2.05) is 37.4 Å². The number of carbonyl (C=O) groups excluding carboxylic acids is 1. The molecule has 0 spiro atoms. The quantitative estimate of drug-likeness (QED) is 0.232. The average Bonchev–Trinajstić information content (AvgIpc) is 3.38. The summed E-state index contributed by atoms with van der Waals surface area (Å²) in [4.78, 5) is 34.8. The van der Waals surface area contributed by atoms with Crippen molar-refractivity contribution in [1.82, 2.24) is 29.8 Å². The van der Waals surface area contributed by atoms with Crippen LogP contribution in [0.2, 0.25) is 0 Å². The summed E-state index contributed by atoms with van der Waals surface area (Å²) < 4.78 is 14.1. The summed E-state index contributed by atoms with van der Waals surface area (Å²) in [6, 6.07) is 10.8. The number of rotatable bonds is 8. The second-order valence-electron chi connectivity index (χ2n) is 12.0. The molecule has 2 bridgehead atoms. The van der Waals surface area contributed by atoms with Crippen LogP contribution < -0.4 is 15.4 Å². The Morgan fingerprint density at radius 3 is 2.75 bits per heavy atom. The molecule has 4 N–H and O–H groups in total. The van der Waals surface area contributed by atoms with Gasteiger partial charge in [-0.25, -0.2) is 14.3 Å². The van der Waals surface area contributed by atoms with Gasteiger partial charge >= 0.3 is 6.09 Å². The van der Waals surface area contributed by atoms with E-state index in [1.165, 1.54) is 11.1 Å². The van der Waals surface area contributed by atoms with Crippen molar-refractivity contribution in [3.05, 3.63) is 66.2 Å². The molecule has 2 fully saturated rings. The van der Waals surface area contributed by atoms with Crippen molar-refractivity contribution < 1.29 is 29.3 Å². The first-order chi connectivity index (χ1) is 21.0. The zero-order valence-electron chi connectivity index (χ0n) is 24.8. The van der Waals surface area contributed by atoms with Crippen LogP contribution in [0, 0.1) is 6.92 Å². The number of anilines is 2. The lowest BCUT2D eigenvalue weighted by Gasteiger charge is -2.52. The minimum absolute atomic E-state index is 0.123. The molecule has 13 nitrogen and oxygen atoms in total. The van der Waals surface area contributed by atoms with Gasteiger partial charge in [0.1, 0.15) is 18.2 Å². The Morgan fingerprint density at radius 2 is 2.00 bits per heavy atom. The lowest BCUT2D eigenvalue weighted by molar-refractivity contribution is -0.200. The third-order valence-corrected chi connectivity index (χ3v) is 7.79. The van der Waals surface area contributed by atoms with Gasteiger partial charge < -0.3 is 30.3 Å². The van der Waals surface area contributed by atoms with E-state index in [4.69, 9.17) is 9.47 Å². The molecule has 2 aliphatic heterocycles. The summed E-state index contributed by atoms with van der Waals surface area (Å²) >= 11 is 0. The fourth-order valence-corrected chi connectivity index (χ4v) is 5.72.